The minimum Gasteiger partial charge on any atom is -0.462 e. The number of esters is 3. The molecule has 0 aliphatic heterocycles. The van der Waals surface area contributed by atoms with Crippen LogP contribution in [-0.4, -0.2) is 37.2 Å². The van der Waals surface area contributed by atoms with Crippen molar-refractivity contribution in [2.24, 2.45) is 0 Å². The van der Waals surface area contributed by atoms with Crippen LogP contribution in [0.25, 0.3) is 0 Å². The van der Waals surface area contributed by atoms with Gasteiger partial charge in [-0.3, -0.25) is 14.4 Å². The Hall–Kier alpha value is -4.45. The molecule has 0 aromatic heterocycles. The number of carbonyl (C=O) groups is 3. The Morgan fingerprint density at radius 1 is 0.259 bits per heavy atom. The zero-order chi connectivity index (χ0) is 58.5. The molecule has 0 radical (unpaired) electrons. The summed E-state index contributed by atoms with van der Waals surface area (Å²) in [4.78, 5) is 38.3. The van der Waals surface area contributed by atoms with Gasteiger partial charge in [-0.2, -0.15) is 0 Å². The van der Waals surface area contributed by atoms with Gasteiger partial charge < -0.3 is 14.2 Å². The maximum absolute atomic E-state index is 12.9. The number of hydrogen-bond donors (Lipinski definition) is 0. The molecule has 81 heavy (non-hydrogen) atoms. The second-order valence-corrected chi connectivity index (χ2v) is 22.0. The van der Waals surface area contributed by atoms with Gasteiger partial charge in [0, 0.05) is 19.3 Å². The zero-order valence-corrected chi connectivity index (χ0v) is 52.8. The molecule has 0 aromatic carbocycles. The number of ether oxygens (including phenoxy) is 3. The normalized spacial score (nSPS) is 13.0. The van der Waals surface area contributed by atoms with Crippen LogP contribution in [-0.2, 0) is 28.6 Å². The molecule has 0 bridgehead atoms. The lowest BCUT2D eigenvalue weighted by Gasteiger charge is -2.18. The Labute approximate surface area is 500 Å². The highest BCUT2D eigenvalue weighted by Gasteiger charge is 2.19. The van der Waals surface area contributed by atoms with E-state index in [-0.39, 0.29) is 31.1 Å². The van der Waals surface area contributed by atoms with E-state index in [0.717, 1.165) is 141 Å². The molecule has 0 amide bonds. The van der Waals surface area contributed by atoms with Gasteiger partial charge >= 0.3 is 17.9 Å². The van der Waals surface area contributed by atoms with Crippen LogP contribution in [0.4, 0.5) is 0 Å². The van der Waals surface area contributed by atoms with Crippen LogP contribution in [0.3, 0.4) is 0 Å². The zero-order valence-electron chi connectivity index (χ0n) is 52.8. The molecule has 0 aliphatic carbocycles. The molecule has 0 fully saturated rings. The topological polar surface area (TPSA) is 78.9 Å². The second kappa shape index (κ2) is 68.1. The molecule has 6 heteroatoms. The van der Waals surface area contributed by atoms with Crippen LogP contribution < -0.4 is 0 Å². The minimum atomic E-state index is -0.795. The maximum Gasteiger partial charge on any atom is 0.306 e. The molecule has 0 aromatic rings. The summed E-state index contributed by atoms with van der Waals surface area (Å²) in [5, 5.41) is 0. The number of allylic oxidation sites excluding steroid dienone is 22. The second-order valence-electron chi connectivity index (χ2n) is 22.0. The fourth-order valence-corrected chi connectivity index (χ4v) is 9.06. The molecule has 6 nitrogen and oxygen atoms in total. The summed E-state index contributed by atoms with van der Waals surface area (Å²) in [6.45, 7) is 6.47. The highest BCUT2D eigenvalue weighted by Crippen LogP contribution is 2.15. The maximum atomic E-state index is 12.9. The van der Waals surface area contributed by atoms with Gasteiger partial charge in [-0.1, -0.05) is 283 Å². The van der Waals surface area contributed by atoms with Gasteiger partial charge in [0.25, 0.3) is 0 Å². The van der Waals surface area contributed by atoms with E-state index in [2.05, 4.69) is 154 Å². The summed E-state index contributed by atoms with van der Waals surface area (Å²) in [7, 11) is 0. The van der Waals surface area contributed by atoms with Crippen LogP contribution in [0.15, 0.2) is 134 Å². The van der Waals surface area contributed by atoms with E-state index >= 15 is 0 Å². The van der Waals surface area contributed by atoms with Crippen molar-refractivity contribution in [3.8, 4) is 0 Å². The summed E-state index contributed by atoms with van der Waals surface area (Å²) >= 11 is 0. The van der Waals surface area contributed by atoms with Crippen molar-refractivity contribution in [1.82, 2.24) is 0 Å². The smallest absolute Gasteiger partial charge is 0.306 e. The van der Waals surface area contributed by atoms with Crippen molar-refractivity contribution >= 4 is 17.9 Å². The average molecular weight is 1120 g/mol. The van der Waals surface area contributed by atoms with E-state index in [1.54, 1.807) is 0 Å². The van der Waals surface area contributed by atoms with E-state index in [9.17, 15) is 14.4 Å². The van der Waals surface area contributed by atoms with Crippen molar-refractivity contribution < 1.29 is 28.6 Å². The predicted octanol–water partition coefficient (Wildman–Crippen LogP) is 23.3. The third-order valence-corrected chi connectivity index (χ3v) is 14.1. The molecule has 0 saturated heterocycles. The molecule has 0 saturated carbocycles. The van der Waals surface area contributed by atoms with Crippen LogP contribution in [0, 0.1) is 0 Å². The van der Waals surface area contributed by atoms with E-state index in [4.69, 9.17) is 14.2 Å². The fourth-order valence-electron chi connectivity index (χ4n) is 9.06. The Morgan fingerprint density at radius 3 is 0.802 bits per heavy atom. The Kier molecular flexibility index (Phi) is 64.3. The Bertz CT molecular complexity index is 1720. The molecular weight excluding hydrogens is 997 g/mol. The number of rotatable bonds is 60. The number of hydrogen-bond acceptors (Lipinski definition) is 6. The summed E-state index contributed by atoms with van der Waals surface area (Å²) in [6, 6.07) is 0. The third kappa shape index (κ3) is 66.2. The minimum absolute atomic E-state index is 0.0912. The lowest BCUT2D eigenvalue weighted by Crippen LogP contribution is -2.30. The summed E-state index contributed by atoms with van der Waals surface area (Å²) in [6.07, 6.45) is 96.1. The first-order valence-corrected chi connectivity index (χ1v) is 33.7. The molecule has 0 aliphatic rings. The molecule has 0 rings (SSSR count). The highest BCUT2D eigenvalue weighted by atomic mass is 16.6. The van der Waals surface area contributed by atoms with Gasteiger partial charge in [0.2, 0.25) is 0 Å². The van der Waals surface area contributed by atoms with Crippen LogP contribution >= 0.6 is 0 Å². The van der Waals surface area contributed by atoms with Crippen molar-refractivity contribution in [2.45, 2.75) is 309 Å². The van der Waals surface area contributed by atoms with Gasteiger partial charge in [0.1, 0.15) is 13.2 Å². The summed E-state index contributed by atoms with van der Waals surface area (Å²) in [5.74, 6) is -0.916. The SMILES string of the molecule is CC/C=C\C/C=C\C/C=C\C/C=C\C/C=C\C/C=C\C/C=C\C/C=C\CCCCCCCCC(=O)OCC(COC(=O)CCCCCCC/C=C\CCCC)OC(=O)CCCCCCCCCCC/C=C\C/C=C\CCCCCCC. The van der Waals surface area contributed by atoms with E-state index in [1.807, 2.05) is 0 Å². The van der Waals surface area contributed by atoms with Gasteiger partial charge in [0.15, 0.2) is 6.10 Å². The Balaban J connectivity index is 4.32. The predicted molar refractivity (Wildman–Crippen MR) is 353 cm³/mol. The van der Waals surface area contributed by atoms with Crippen molar-refractivity contribution in [3.05, 3.63) is 134 Å². The molecular formula is C75H124O6. The first-order chi connectivity index (χ1) is 40.0. The number of carbonyl (C=O) groups excluding carboxylic acids is 3. The first-order valence-electron chi connectivity index (χ1n) is 33.7. The van der Waals surface area contributed by atoms with E-state index in [0.29, 0.717) is 19.3 Å². The summed E-state index contributed by atoms with van der Waals surface area (Å²) < 4.78 is 16.9. The average Bonchev–Trinajstić information content (AvgIpc) is 3.47. The quantitative estimate of drug-likeness (QED) is 0.0261. The van der Waals surface area contributed by atoms with Gasteiger partial charge in [-0.25, -0.2) is 0 Å². The number of unbranched alkanes of at least 4 members (excludes halogenated alkanes) is 27. The first kappa shape index (κ1) is 76.5. The van der Waals surface area contributed by atoms with Crippen molar-refractivity contribution in [2.75, 3.05) is 13.2 Å². The lowest BCUT2D eigenvalue weighted by molar-refractivity contribution is -0.167. The monoisotopic (exact) mass is 1120 g/mol. The van der Waals surface area contributed by atoms with Crippen LogP contribution in [0.2, 0.25) is 0 Å². The fraction of sp³-hybridized carbons (Fsp3) is 0.667. The van der Waals surface area contributed by atoms with Crippen LogP contribution in [0.5, 0.6) is 0 Å². The molecule has 460 valence electrons. The standard InChI is InChI=1S/C75H124O6/c1-4-7-10-13-16-19-22-24-26-28-30-32-33-34-35-36-37-38-39-40-41-43-44-46-48-50-53-56-59-62-65-68-74(77)80-71-72(70-79-73(76)67-64-61-58-55-52-21-18-15-12-9-6-3)81-75(78)69-66-63-60-57-54-51-49-47-45-42-31-29-27-25-23-20-17-14-11-8-5-2/h7,10,15-16,18-19,23-26,29-32,34-35,37-38,40-41,44,46,72H,4-6,8-9,11-14,17,20-22,27-28,33,36,39,42-43,45,47-71H2,1-3H3/b10-7-,18-15-,19-16-,25-23-,26-24-,31-29-,32-30-,35-34-,38-37-,41-40-,46-44-. The summed E-state index contributed by atoms with van der Waals surface area (Å²) in [5.41, 5.74) is 0. The molecule has 0 N–H and O–H groups in total. The third-order valence-electron chi connectivity index (χ3n) is 14.1. The Morgan fingerprint density at radius 2 is 0.494 bits per heavy atom. The van der Waals surface area contributed by atoms with E-state index in [1.165, 1.54) is 122 Å². The van der Waals surface area contributed by atoms with Gasteiger partial charge in [-0.05, 0) is 135 Å². The largest absolute Gasteiger partial charge is 0.462 e. The van der Waals surface area contributed by atoms with Gasteiger partial charge in [0.05, 0.1) is 0 Å². The van der Waals surface area contributed by atoms with Crippen LogP contribution in [0.1, 0.15) is 303 Å². The molecule has 0 heterocycles. The molecule has 1 atom stereocenters. The van der Waals surface area contributed by atoms with Crippen molar-refractivity contribution in [3.63, 3.8) is 0 Å². The van der Waals surface area contributed by atoms with Crippen molar-refractivity contribution in [1.29, 1.82) is 0 Å². The van der Waals surface area contributed by atoms with Gasteiger partial charge in [-0.15, -0.1) is 0 Å². The molecule has 1 unspecified atom stereocenters. The van der Waals surface area contributed by atoms with E-state index < -0.39 is 6.10 Å². The molecule has 0 spiro atoms. The highest BCUT2D eigenvalue weighted by molar-refractivity contribution is 5.71. The lowest BCUT2D eigenvalue weighted by atomic mass is 10.1.